The van der Waals surface area contributed by atoms with Gasteiger partial charge in [-0.1, -0.05) is 48.6 Å². The molecule has 0 bridgehead atoms. The highest BCUT2D eigenvalue weighted by Crippen LogP contribution is 2.20. The third kappa shape index (κ3) is 3.58. The average molecular weight is 266 g/mol. The molecule has 0 amide bonds. The van der Waals surface area contributed by atoms with E-state index >= 15 is 0 Å². The van der Waals surface area contributed by atoms with E-state index in [4.69, 9.17) is 4.74 Å². The Balaban J connectivity index is 2.18. The van der Waals surface area contributed by atoms with E-state index < -0.39 is 0 Å². The van der Waals surface area contributed by atoms with Gasteiger partial charge in [-0.05, 0) is 41.8 Å². The maximum Gasteiger partial charge on any atom is 0.330 e. The van der Waals surface area contributed by atoms with Crippen molar-refractivity contribution in [2.24, 2.45) is 0 Å². The summed E-state index contributed by atoms with van der Waals surface area (Å²) in [4.78, 5) is 11.2. The Morgan fingerprint density at radius 3 is 2.65 bits per heavy atom. The largest absolute Gasteiger partial charge is 0.463 e. The summed E-state index contributed by atoms with van der Waals surface area (Å²) in [5.74, 6) is -0.310. The summed E-state index contributed by atoms with van der Waals surface area (Å²) in [5.41, 5.74) is 2.26. The van der Waals surface area contributed by atoms with Crippen LogP contribution in [-0.2, 0) is 9.53 Å². The van der Waals surface area contributed by atoms with E-state index in [1.807, 2.05) is 25.1 Å². The molecule has 0 spiro atoms. The second kappa shape index (κ2) is 6.71. The standard InChI is InChI=1S/C18H18O2/c1-3-20-18(19)10-6-7-14(2)16-12-11-15-8-4-5-9-17(15)13-16/h4-13H,3H2,1-2H3/b10-6+,14-7+. The summed E-state index contributed by atoms with van der Waals surface area (Å²) in [7, 11) is 0. The van der Waals surface area contributed by atoms with Crippen molar-refractivity contribution in [3.8, 4) is 0 Å². The highest BCUT2D eigenvalue weighted by molar-refractivity contribution is 5.86. The minimum Gasteiger partial charge on any atom is -0.463 e. The van der Waals surface area contributed by atoms with E-state index in [0.717, 1.165) is 11.1 Å². The van der Waals surface area contributed by atoms with Gasteiger partial charge in [-0.2, -0.15) is 0 Å². The first-order chi connectivity index (χ1) is 9.70. The van der Waals surface area contributed by atoms with Crippen LogP contribution in [0.5, 0.6) is 0 Å². The summed E-state index contributed by atoms with van der Waals surface area (Å²) in [6.07, 6.45) is 5.08. The summed E-state index contributed by atoms with van der Waals surface area (Å²) in [5, 5.41) is 2.44. The molecule has 0 radical (unpaired) electrons. The Hall–Kier alpha value is -2.35. The van der Waals surface area contributed by atoms with Gasteiger partial charge in [0.15, 0.2) is 0 Å². The van der Waals surface area contributed by atoms with Gasteiger partial charge in [0.25, 0.3) is 0 Å². The van der Waals surface area contributed by atoms with Crippen LogP contribution in [0.15, 0.2) is 60.7 Å². The zero-order chi connectivity index (χ0) is 14.4. The van der Waals surface area contributed by atoms with Crippen LogP contribution in [0.2, 0.25) is 0 Å². The molecule has 0 saturated carbocycles. The molecule has 2 aromatic carbocycles. The van der Waals surface area contributed by atoms with Gasteiger partial charge in [0.1, 0.15) is 0 Å². The number of benzene rings is 2. The first kappa shape index (κ1) is 14.1. The van der Waals surface area contributed by atoms with Gasteiger partial charge in [-0.25, -0.2) is 4.79 Å². The highest BCUT2D eigenvalue weighted by Gasteiger charge is 1.97. The molecule has 2 aromatic rings. The molecule has 102 valence electrons. The van der Waals surface area contributed by atoms with Gasteiger partial charge in [0.05, 0.1) is 6.61 Å². The first-order valence-electron chi connectivity index (χ1n) is 6.71. The van der Waals surface area contributed by atoms with Crippen molar-refractivity contribution in [2.45, 2.75) is 13.8 Å². The van der Waals surface area contributed by atoms with Gasteiger partial charge in [0.2, 0.25) is 0 Å². The third-order valence-corrected chi connectivity index (χ3v) is 3.07. The fourth-order valence-corrected chi connectivity index (χ4v) is 1.99. The molecular formula is C18H18O2. The van der Waals surface area contributed by atoms with Crippen LogP contribution >= 0.6 is 0 Å². The van der Waals surface area contributed by atoms with Crippen molar-refractivity contribution < 1.29 is 9.53 Å². The lowest BCUT2D eigenvalue weighted by Gasteiger charge is -2.03. The number of allylic oxidation sites excluding steroid dienone is 3. The van der Waals surface area contributed by atoms with Crippen LogP contribution in [0.1, 0.15) is 19.4 Å². The van der Waals surface area contributed by atoms with E-state index in [-0.39, 0.29) is 5.97 Å². The summed E-state index contributed by atoms with van der Waals surface area (Å²) in [6, 6.07) is 14.6. The predicted molar refractivity (Wildman–Crippen MR) is 83.4 cm³/mol. The van der Waals surface area contributed by atoms with Gasteiger partial charge >= 0.3 is 5.97 Å². The molecule has 0 aliphatic rings. The SMILES string of the molecule is CCOC(=O)/C=C/C=C(\C)c1ccc2ccccc2c1. The Morgan fingerprint density at radius 1 is 1.15 bits per heavy atom. The highest BCUT2D eigenvalue weighted by atomic mass is 16.5. The molecule has 0 N–H and O–H groups in total. The monoisotopic (exact) mass is 266 g/mol. The number of carbonyl (C=O) groups excluding carboxylic acids is 1. The Kier molecular flexibility index (Phi) is 4.72. The van der Waals surface area contributed by atoms with Crippen molar-refractivity contribution in [1.82, 2.24) is 0 Å². The van der Waals surface area contributed by atoms with E-state index in [2.05, 4.69) is 30.3 Å². The van der Waals surface area contributed by atoms with E-state index in [0.29, 0.717) is 6.61 Å². The zero-order valence-corrected chi connectivity index (χ0v) is 11.8. The number of carbonyl (C=O) groups is 1. The van der Waals surface area contributed by atoms with Crippen LogP contribution in [0.25, 0.3) is 16.3 Å². The number of esters is 1. The predicted octanol–water partition coefficient (Wildman–Crippen LogP) is 4.36. The van der Waals surface area contributed by atoms with Crippen molar-refractivity contribution in [3.63, 3.8) is 0 Å². The fraction of sp³-hybridized carbons (Fsp3) is 0.167. The maximum absolute atomic E-state index is 11.2. The maximum atomic E-state index is 11.2. The smallest absolute Gasteiger partial charge is 0.330 e. The molecular weight excluding hydrogens is 248 g/mol. The van der Waals surface area contributed by atoms with E-state index in [1.165, 1.54) is 16.8 Å². The van der Waals surface area contributed by atoms with Crippen LogP contribution in [0, 0.1) is 0 Å². The Labute approximate surface area is 119 Å². The lowest BCUT2D eigenvalue weighted by Crippen LogP contribution is -1.98. The van der Waals surface area contributed by atoms with Crippen molar-refractivity contribution >= 4 is 22.3 Å². The molecule has 0 aliphatic heterocycles. The molecule has 0 aromatic heterocycles. The second-order valence-corrected chi connectivity index (χ2v) is 4.52. The van der Waals surface area contributed by atoms with Crippen molar-refractivity contribution in [2.75, 3.05) is 6.61 Å². The second-order valence-electron chi connectivity index (χ2n) is 4.52. The fourth-order valence-electron chi connectivity index (χ4n) is 1.99. The molecule has 0 aliphatic carbocycles. The lowest BCUT2D eigenvalue weighted by molar-refractivity contribution is -0.137. The van der Waals surface area contributed by atoms with Gasteiger partial charge < -0.3 is 4.74 Å². The Bertz CT molecular complexity index is 666. The van der Waals surface area contributed by atoms with Crippen molar-refractivity contribution in [3.05, 3.63) is 66.3 Å². The number of fused-ring (bicyclic) bond motifs is 1. The van der Waals surface area contributed by atoms with Gasteiger partial charge in [-0.15, -0.1) is 0 Å². The third-order valence-electron chi connectivity index (χ3n) is 3.07. The number of hydrogen-bond donors (Lipinski definition) is 0. The topological polar surface area (TPSA) is 26.3 Å². The van der Waals surface area contributed by atoms with Crippen molar-refractivity contribution in [1.29, 1.82) is 0 Å². The summed E-state index contributed by atoms with van der Waals surface area (Å²) in [6.45, 7) is 4.22. The molecule has 2 heteroatoms. The van der Waals surface area contributed by atoms with E-state index in [1.54, 1.807) is 13.0 Å². The molecule has 2 rings (SSSR count). The van der Waals surface area contributed by atoms with Crippen LogP contribution in [0.3, 0.4) is 0 Å². The molecule has 20 heavy (non-hydrogen) atoms. The first-order valence-corrected chi connectivity index (χ1v) is 6.71. The number of rotatable bonds is 4. The molecule has 0 heterocycles. The molecule has 0 saturated heterocycles. The molecule has 0 fully saturated rings. The molecule has 2 nitrogen and oxygen atoms in total. The van der Waals surface area contributed by atoms with Crippen LogP contribution < -0.4 is 0 Å². The molecule has 0 unspecified atom stereocenters. The Morgan fingerprint density at radius 2 is 1.90 bits per heavy atom. The quantitative estimate of drug-likeness (QED) is 0.467. The number of hydrogen-bond acceptors (Lipinski definition) is 2. The summed E-state index contributed by atoms with van der Waals surface area (Å²) >= 11 is 0. The normalized spacial score (nSPS) is 12.0. The average Bonchev–Trinajstić information content (AvgIpc) is 2.47. The van der Waals surface area contributed by atoms with Crippen LogP contribution in [0.4, 0.5) is 0 Å². The zero-order valence-electron chi connectivity index (χ0n) is 11.8. The van der Waals surface area contributed by atoms with Gasteiger partial charge in [-0.3, -0.25) is 0 Å². The van der Waals surface area contributed by atoms with Crippen LogP contribution in [-0.4, -0.2) is 12.6 Å². The van der Waals surface area contributed by atoms with E-state index in [9.17, 15) is 4.79 Å². The van der Waals surface area contributed by atoms with Gasteiger partial charge in [0, 0.05) is 6.08 Å². The summed E-state index contributed by atoms with van der Waals surface area (Å²) < 4.78 is 4.83. The minimum atomic E-state index is -0.310. The lowest BCUT2D eigenvalue weighted by atomic mass is 10.0. The number of ether oxygens (including phenoxy) is 1. The minimum absolute atomic E-state index is 0.310. The molecule has 0 atom stereocenters.